The molecule has 0 saturated heterocycles. The van der Waals surface area contributed by atoms with Crippen LogP contribution in [0.4, 0.5) is 0 Å². The van der Waals surface area contributed by atoms with Gasteiger partial charge in [0.05, 0.1) is 11.7 Å². The van der Waals surface area contributed by atoms with E-state index in [0.29, 0.717) is 6.04 Å². The Morgan fingerprint density at radius 1 is 1.32 bits per heavy atom. The Balaban J connectivity index is 2.22. The van der Waals surface area contributed by atoms with Gasteiger partial charge in [0.25, 0.3) is 0 Å². The van der Waals surface area contributed by atoms with Gasteiger partial charge in [-0.1, -0.05) is 6.07 Å². The molecule has 2 heterocycles. The zero-order chi connectivity index (χ0) is 13.8. The van der Waals surface area contributed by atoms with Gasteiger partial charge in [0.2, 0.25) is 0 Å². The van der Waals surface area contributed by atoms with Crippen LogP contribution >= 0.6 is 0 Å². The molecular weight excluding hydrogens is 238 g/mol. The van der Waals surface area contributed by atoms with E-state index in [9.17, 15) is 0 Å². The molecule has 0 saturated carbocycles. The number of aromatic nitrogens is 4. The standard InChI is InChI=1S/C14H21N5/c1-10(2)19-14(16-9-17-19)8-13(15-4)12-7-5-6-11(3)18-12/h5-7,9-10,13,15H,8H2,1-4H3. The van der Waals surface area contributed by atoms with E-state index in [1.54, 1.807) is 6.33 Å². The van der Waals surface area contributed by atoms with Crippen molar-refractivity contribution >= 4 is 0 Å². The van der Waals surface area contributed by atoms with E-state index in [-0.39, 0.29) is 6.04 Å². The summed E-state index contributed by atoms with van der Waals surface area (Å²) >= 11 is 0. The highest BCUT2D eigenvalue weighted by Crippen LogP contribution is 2.17. The Morgan fingerprint density at radius 3 is 2.74 bits per heavy atom. The molecule has 0 bridgehead atoms. The molecule has 0 radical (unpaired) electrons. The summed E-state index contributed by atoms with van der Waals surface area (Å²) in [7, 11) is 1.95. The van der Waals surface area contributed by atoms with Crippen LogP contribution < -0.4 is 5.32 Å². The fourth-order valence-electron chi connectivity index (χ4n) is 2.15. The van der Waals surface area contributed by atoms with Crippen LogP contribution in [0, 0.1) is 6.92 Å². The second-order valence-corrected chi connectivity index (χ2v) is 4.96. The van der Waals surface area contributed by atoms with E-state index < -0.39 is 0 Å². The third-order valence-corrected chi connectivity index (χ3v) is 3.14. The number of hydrogen-bond donors (Lipinski definition) is 1. The molecule has 1 unspecified atom stereocenters. The van der Waals surface area contributed by atoms with Crippen LogP contribution in [0.5, 0.6) is 0 Å². The lowest BCUT2D eigenvalue weighted by Crippen LogP contribution is -2.22. The highest BCUT2D eigenvalue weighted by Gasteiger charge is 2.16. The highest BCUT2D eigenvalue weighted by molar-refractivity contribution is 5.14. The van der Waals surface area contributed by atoms with Crippen LogP contribution in [0.25, 0.3) is 0 Å². The van der Waals surface area contributed by atoms with Gasteiger partial charge in [-0.3, -0.25) is 4.98 Å². The summed E-state index contributed by atoms with van der Waals surface area (Å²) in [6.07, 6.45) is 2.40. The van der Waals surface area contributed by atoms with E-state index in [2.05, 4.69) is 34.2 Å². The van der Waals surface area contributed by atoms with E-state index in [1.807, 2.05) is 36.9 Å². The highest BCUT2D eigenvalue weighted by atomic mass is 15.3. The summed E-state index contributed by atoms with van der Waals surface area (Å²) in [5, 5.41) is 7.58. The van der Waals surface area contributed by atoms with Crippen molar-refractivity contribution in [3.05, 3.63) is 41.7 Å². The Morgan fingerprint density at radius 2 is 2.11 bits per heavy atom. The fraction of sp³-hybridized carbons (Fsp3) is 0.500. The summed E-state index contributed by atoms with van der Waals surface area (Å²) in [6.45, 7) is 6.22. The van der Waals surface area contributed by atoms with Gasteiger partial charge in [-0.05, 0) is 40.0 Å². The second-order valence-electron chi connectivity index (χ2n) is 4.96. The van der Waals surface area contributed by atoms with Crippen molar-refractivity contribution in [2.75, 3.05) is 7.05 Å². The first-order valence-corrected chi connectivity index (χ1v) is 6.61. The number of nitrogens with one attached hydrogen (secondary N) is 1. The van der Waals surface area contributed by atoms with Crippen molar-refractivity contribution in [2.24, 2.45) is 0 Å². The van der Waals surface area contributed by atoms with Gasteiger partial charge in [0.15, 0.2) is 0 Å². The molecule has 0 spiro atoms. The van der Waals surface area contributed by atoms with Crippen molar-refractivity contribution in [3.8, 4) is 0 Å². The third-order valence-electron chi connectivity index (χ3n) is 3.14. The summed E-state index contributed by atoms with van der Waals surface area (Å²) in [5.74, 6) is 0.984. The minimum absolute atomic E-state index is 0.154. The number of likely N-dealkylation sites (N-methyl/N-ethyl adjacent to an activating group) is 1. The van der Waals surface area contributed by atoms with Crippen molar-refractivity contribution in [3.63, 3.8) is 0 Å². The average Bonchev–Trinajstić information content (AvgIpc) is 2.84. The first kappa shape index (κ1) is 13.7. The lowest BCUT2D eigenvalue weighted by atomic mass is 10.1. The van der Waals surface area contributed by atoms with Crippen molar-refractivity contribution in [1.82, 2.24) is 25.1 Å². The summed E-state index contributed by atoms with van der Waals surface area (Å²) < 4.78 is 1.96. The van der Waals surface area contributed by atoms with Gasteiger partial charge in [-0.25, -0.2) is 9.67 Å². The monoisotopic (exact) mass is 259 g/mol. The van der Waals surface area contributed by atoms with Crippen LogP contribution in [0.3, 0.4) is 0 Å². The molecular formula is C14H21N5. The van der Waals surface area contributed by atoms with Gasteiger partial charge >= 0.3 is 0 Å². The summed E-state index contributed by atoms with van der Waals surface area (Å²) in [5.41, 5.74) is 2.07. The fourth-order valence-corrected chi connectivity index (χ4v) is 2.15. The molecule has 0 aliphatic carbocycles. The van der Waals surface area contributed by atoms with E-state index in [1.165, 1.54) is 0 Å². The van der Waals surface area contributed by atoms with Gasteiger partial charge < -0.3 is 5.32 Å². The summed E-state index contributed by atoms with van der Waals surface area (Å²) in [4.78, 5) is 8.94. The van der Waals surface area contributed by atoms with Crippen LogP contribution in [-0.2, 0) is 6.42 Å². The minimum atomic E-state index is 0.154. The lowest BCUT2D eigenvalue weighted by molar-refractivity contribution is 0.474. The molecule has 102 valence electrons. The average molecular weight is 259 g/mol. The number of pyridine rings is 1. The third kappa shape index (κ3) is 3.17. The largest absolute Gasteiger partial charge is 0.311 e. The Bertz CT molecular complexity index is 532. The van der Waals surface area contributed by atoms with Crippen molar-refractivity contribution < 1.29 is 0 Å². The molecule has 1 N–H and O–H groups in total. The number of hydrogen-bond acceptors (Lipinski definition) is 4. The van der Waals surface area contributed by atoms with Gasteiger partial charge in [0, 0.05) is 18.2 Å². The zero-order valence-corrected chi connectivity index (χ0v) is 12.0. The van der Waals surface area contributed by atoms with E-state index >= 15 is 0 Å². The molecule has 0 aliphatic rings. The SMILES string of the molecule is CNC(Cc1ncnn1C(C)C)c1cccc(C)n1. The lowest BCUT2D eigenvalue weighted by Gasteiger charge is -2.17. The molecule has 0 aliphatic heterocycles. The number of aryl methyl sites for hydroxylation is 1. The molecule has 0 aromatic carbocycles. The van der Waals surface area contributed by atoms with Crippen LogP contribution in [0.1, 0.15) is 43.1 Å². The van der Waals surface area contributed by atoms with E-state index in [0.717, 1.165) is 23.6 Å². The number of nitrogens with zero attached hydrogens (tertiary/aromatic N) is 4. The first-order valence-electron chi connectivity index (χ1n) is 6.61. The smallest absolute Gasteiger partial charge is 0.138 e. The molecule has 19 heavy (non-hydrogen) atoms. The Hall–Kier alpha value is -1.75. The molecule has 5 nitrogen and oxygen atoms in total. The quantitative estimate of drug-likeness (QED) is 0.893. The maximum Gasteiger partial charge on any atom is 0.138 e. The maximum atomic E-state index is 4.58. The predicted molar refractivity (Wildman–Crippen MR) is 74.9 cm³/mol. The summed E-state index contributed by atoms with van der Waals surface area (Å²) in [6, 6.07) is 6.56. The second kappa shape index (κ2) is 5.93. The normalized spacial score (nSPS) is 12.9. The van der Waals surface area contributed by atoms with Crippen molar-refractivity contribution in [2.45, 2.75) is 39.3 Å². The molecule has 1 atom stereocenters. The number of rotatable bonds is 5. The van der Waals surface area contributed by atoms with Gasteiger partial charge in [0.1, 0.15) is 12.2 Å². The van der Waals surface area contributed by atoms with Gasteiger partial charge in [-0.15, -0.1) is 0 Å². The molecule has 2 aromatic rings. The van der Waals surface area contributed by atoms with E-state index in [4.69, 9.17) is 0 Å². The zero-order valence-electron chi connectivity index (χ0n) is 12.0. The van der Waals surface area contributed by atoms with Crippen LogP contribution in [-0.4, -0.2) is 26.8 Å². The minimum Gasteiger partial charge on any atom is -0.311 e. The Labute approximate surface area is 114 Å². The maximum absolute atomic E-state index is 4.58. The predicted octanol–water partition coefficient (Wildman–Crippen LogP) is 2.07. The molecule has 2 rings (SSSR count). The Kier molecular flexibility index (Phi) is 4.27. The first-order chi connectivity index (χ1) is 9.11. The molecule has 0 amide bonds. The van der Waals surface area contributed by atoms with Crippen molar-refractivity contribution in [1.29, 1.82) is 0 Å². The van der Waals surface area contributed by atoms with Crippen LogP contribution in [0.2, 0.25) is 0 Å². The molecule has 0 fully saturated rings. The molecule has 5 heteroatoms. The van der Waals surface area contributed by atoms with Gasteiger partial charge in [-0.2, -0.15) is 5.10 Å². The molecule has 2 aromatic heterocycles. The topological polar surface area (TPSA) is 55.6 Å². The van der Waals surface area contributed by atoms with Crippen LogP contribution in [0.15, 0.2) is 24.5 Å².